The van der Waals surface area contributed by atoms with Gasteiger partial charge in [-0.1, -0.05) is 34.6 Å². The molecular formula is C16H32N2O. The first-order chi connectivity index (χ1) is 8.81. The van der Waals surface area contributed by atoms with Gasteiger partial charge in [-0.15, -0.1) is 0 Å². The van der Waals surface area contributed by atoms with E-state index in [1.807, 2.05) is 0 Å². The molecule has 0 aromatic heterocycles. The van der Waals surface area contributed by atoms with E-state index in [1.165, 1.54) is 0 Å². The van der Waals surface area contributed by atoms with Crippen LogP contribution in [0.4, 0.5) is 0 Å². The second kappa shape index (κ2) is 7.28. The molecule has 3 heteroatoms. The van der Waals surface area contributed by atoms with Crippen molar-refractivity contribution < 1.29 is 4.79 Å². The zero-order valence-corrected chi connectivity index (χ0v) is 13.4. The topological polar surface area (TPSA) is 46.3 Å². The Hall–Kier alpha value is -0.570. The maximum Gasteiger partial charge on any atom is 0.225 e. The Balaban J connectivity index is 2.64. The van der Waals surface area contributed by atoms with Gasteiger partial charge in [0.25, 0.3) is 0 Å². The van der Waals surface area contributed by atoms with Crippen LogP contribution in [0.1, 0.15) is 53.9 Å². The van der Waals surface area contributed by atoms with E-state index in [0.717, 1.165) is 32.4 Å². The Morgan fingerprint density at radius 3 is 2.11 bits per heavy atom. The summed E-state index contributed by atoms with van der Waals surface area (Å²) in [5.74, 6) is 2.11. The SMILES string of the molecule is CC(C)CN(CC(C)C)C(=O)C1CCC(C)C(N)C1. The summed E-state index contributed by atoms with van der Waals surface area (Å²) < 4.78 is 0. The lowest BCUT2D eigenvalue weighted by atomic mass is 9.79. The van der Waals surface area contributed by atoms with Crippen LogP contribution < -0.4 is 5.73 Å². The van der Waals surface area contributed by atoms with E-state index in [2.05, 4.69) is 39.5 Å². The van der Waals surface area contributed by atoms with Crippen molar-refractivity contribution in [2.75, 3.05) is 13.1 Å². The summed E-state index contributed by atoms with van der Waals surface area (Å²) in [6, 6.07) is 0.197. The summed E-state index contributed by atoms with van der Waals surface area (Å²) in [5.41, 5.74) is 6.14. The van der Waals surface area contributed by atoms with E-state index < -0.39 is 0 Å². The number of carbonyl (C=O) groups excluding carboxylic acids is 1. The molecule has 3 atom stereocenters. The number of hydrogen-bond acceptors (Lipinski definition) is 2. The Bertz CT molecular complexity index is 278. The number of nitrogens with two attached hydrogens (primary N) is 1. The third-order valence-electron chi connectivity index (χ3n) is 4.09. The first-order valence-corrected chi connectivity index (χ1v) is 7.85. The average molecular weight is 268 g/mol. The zero-order chi connectivity index (χ0) is 14.6. The van der Waals surface area contributed by atoms with Crippen LogP contribution in [0.15, 0.2) is 0 Å². The monoisotopic (exact) mass is 268 g/mol. The van der Waals surface area contributed by atoms with Gasteiger partial charge >= 0.3 is 0 Å². The summed E-state index contributed by atoms with van der Waals surface area (Å²) in [4.78, 5) is 14.8. The zero-order valence-electron chi connectivity index (χ0n) is 13.4. The van der Waals surface area contributed by atoms with Gasteiger partial charge in [0.15, 0.2) is 0 Å². The van der Waals surface area contributed by atoms with Crippen molar-refractivity contribution in [1.29, 1.82) is 0 Å². The standard InChI is InChI=1S/C16H32N2O/c1-11(2)9-18(10-12(3)4)16(19)14-7-6-13(5)15(17)8-14/h11-15H,6-10,17H2,1-5H3. The lowest BCUT2D eigenvalue weighted by molar-refractivity contribution is -0.138. The van der Waals surface area contributed by atoms with Crippen molar-refractivity contribution in [1.82, 2.24) is 4.90 Å². The highest BCUT2D eigenvalue weighted by molar-refractivity contribution is 5.79. The maximum absolute atomic E-state index is 12.7. The maximum atomic E-state index is 12.7. The van der Waals surface area contributed by atoms with Crippen LogP contribution in [0.2, 0.25) is 0 Å². The summed E-state index contributed by atoms with van der Waals surface area (Å²) >= 11 is 0. The molecule has 1 amide bonds. The van der Waals surface area contributed by atoms with Gasteiger partial charge in [0.05, 0.1) is 0 Å². The molecule has 0 aromatic rings. The van der Waals surface area contributed by atoms with Crippen LogP contribution in [-0.2, 0) is 4.79 Å². The Morgan fingerprint density at radius 2 is 1.68 bits per heavy atom. The first kappa shape index (κ1) is 16.5. The highest BCUT2D eigenvalue weighted by atomic mass is 16.2. The van der Waals surface area contributed by atoms with Gasteiger partial charge in [0.1, 0.15) is 0 Å². The minimum Gasteiger partial charge on any atom is -0.342 e. The van der Waals surface area contributed by atoms with Crippen molar-refractivity contribution in [2.45, 2.75) is 59.9 Å². The van der Waals surface area contributed by atoms with E-state index in [0.29, 0.717) is 23.7 Å². The highest BCUT2D eigenvalue weighted by Crippen LogP contribution is 2.29. The van der Waals surface area contributed by atoms with Crippen molar-refractivity contribution in [3.05, 3.63) is 0 Å². The summed E-state index contributed by atoms with van der Waals surface area (Å²) in [6.07, 6.45) is 2.97. The van der Waals surface area contributed by atoms with Gasteiger partial charge < -0.3 is 10.6 Å². The van der Waals surface area contributed by atoms with E-state index in [-0.39, 0.29) is 12.0 Å². The van der Waals surface area contributed by atoms with Crippen molar-refractivity contribution in [3.8, 4) is 0 Å². The van der Waals surface area contributed by atoms with Gasteiger partial charge in [-0.3, -0.25) is 4.79 Å². The van der Waals surface area contributed by atoms with Crippen LogP contribution in [0, 0.1) is 23.7 Å². The largest absolute Gasteiger partial charge is 0.342 e. The molecule has 0 radical (unpaired) electrons. The molecule has 3 nitrogen and oxygen atoms in total. The van der Waals surface area contributed by atoms with Crippen molar-refractivity contribution >= 4 is 5.91 Å². The lowest BCUT2D eigenvalue weighted by Crippen LogP contribution is -2.45. The number of hydrogen-bond donors (Lipinski definition) is 1. The Labute approximate surface area is 118 Å². The summed E-state index contributed by atoms with van der Waals surface area (Å²) in [7, 11) is 0. The third-order valence-corrected chi connectivity index (χ3v) is 4.09. The molecule has 0 aliphatic heterocycles. The van der Waals surface area contributed by atoms with Crippen molar-refractivity contribution in [3.63, 3.8) is 0 Å². The number of rotatable bonds is 5. The molecule has 1 rings (SSSR count). The summed E-state index contributed by atoms with van der Waals surface area (Å²) in [6.45, 7) is 12.6. The normalized spacial score (nSPS) is 27.9. The summed E-state index contributed by atoms with van der Waals surface area (Å²) in [5, 5.41) is 0. The fraction of sp³-hybridized carbons (Fsp3) is 0.938. The fourth-order valence-electron chi connectivity index (χ4n) is 2.98. The van der Waals surface area contributed by atoms with Gasteiger partial charge in [-0.25, -0.2) is 0 Å². The first-order valence-electron chi connectivity index (χ1n) is 7.85. The number of carbonyl (C=O) groups is 1. The van der Waals surface area contributed by atoms with Crippen LogP contribution >= 0.6 is 0 Å². The molecule has 0 saturated heterocycles. The molecular weight excluding hydrogens is 236 g/mol. The van der Waals surface area contributed by atoms with E-state index in [1.54, 1.807) is 0 Å². The van der Waals surface area contributed by atoms with Crippen LogP contribution in [0.5, 0.6) is 0 Å². The predicted octanol–water partition coefficient (Wildman–Crippen LogP) is 2.89. The molecule has 112 valence electrons. The molecule has 1 saturated carbocycles. The molecule has 3 unspecified atom stereocenters. The molecule has 0 spiro atoms. The van der Waals surface area contributed by atoms with Gasteiger partial charge in [-0.05, 0) is 37.0 Å². The molecule has 0 aromatic carbocycles. The predicted molar refractivity (Wildman–Crippen MR) is 80.7 cm³/mol. The minimum absolute atomic E-state index is 0.156. The van der Waals surface area contributed by atoms with E-state index in [9.17, 15) is 4.79 Å². The van der Waals surface area contributed by atoms with Crippen molar-refractivity contribution in [2.24, 2.45) is 29.4 Å². The molecule has 0 heterocycles. The quantitative estimate of drug-likeness (QED) is 0.833. The molecule has 2 N–H and O–H groups in total. The van der Waals surface area contributed by atoms with Gasteiger partial charge in [-0.2, -0.15) is 0 Å². The van der Waals surface area contributed by atoms with Crippen LogP contribution in [-0.4, -0.2) is 29.9 Å². The number of nitrogens with zero attached hydrogens (tertiary/aromatic N) is 1. The highest BCUT2D eigenvalue weighted by Gasteiger charge is 2.32. The lowest BCUT2D eigenvalue weighted by Gasteiger charge is -2.35. The minimum atomic E-state index is 0.156. The second-order valence-electron chi connectivity index (χ2n) is 7.18. The second-order valence-corrected chi connectivity index (χ2v) is 7.18. The molecule has 1 aliphatic rings. The Kier molecular flexibility index (Phi) is 6.31. The molecule has 1 fully saturated rings. The molecule has 1 aliphatic carbocycles. The molecule has 0 bridgehead atoms. The fourth-order valence-corrected chi connectivity index (χ4v) is 2.98. The van der Waals surface area contributed by atoms with Crippen LogP contribution in [0.25, 0.3) is 0 Å². The molecule has 19 heavy (non-hydrogen) atoms. The van der Waals surface area contributed by atoms with E-state index >= 15 is 0 Å². The van der Waals surface area contributed by atoms with Crippen LogP contribution in [0.3, 0.4) is 0 Å². The van der Waals surface area contributed by atoms with Gasteiger partial charge in [0.2, 0.25) is 5.91 Å². The van der Waals surface area contributed by atoms with E-state index in [4.69, 9.17) is 5.73 Å². The number of amides is 1. The Morgan fingerprint density at radius 1 is 1.16 bits per heavy atom. The van der Waals surface area contributed by atoms with Gasteiger partial charge in [0, 0.05) is 25.0 Å². The average Bonchev–Trinajstić information content (AvgIpc) is 2.29. The smallest absolute Gasteiger partial charge is 0.225 e. The third kappa shape index (κ3) is 5.13.